The van der Waals surface area contributed by atoms with Gasteiger partial charge in [0.15, 0.2) is 0 Å². The van der Waals surface area contributed by atoms with E-state index in [1.165, 1.54) is 12.1 Å². The Bertz CT molecular complexity index is 426. The van der Waals surface area contributed by atoms with E-state index in [0.717, 1.165) is 24.9 Å². The third-order valence-electron chi connectivity index (χ3n) is 3.41. The minimum absolute atomic E-state index is 0.239. The zero-order chi connectivity index (χ0) is 13.8. The molecule has 1 aromatic rings. The molecule has 6 heteroatoms. The van der Waals surface area contributed by atoms with Crippen molar-refractivity contribution in [2.75, 3.05) is 20.3 Å². The van der Waals surface area contributed by atoms with Gasteiger partial charge in [-0.1, -0.05) is 6.07 Å². The van der Waals surface area contributed by atoms with Gasteiger partial charge in [-0.2, -0.15) is 0 Å². The normalized spacial score (nSPS) is 15.0. The van der Waals surface area contributed by atoms with Crippen LogP contribution in [0.15, 0.2) is 18.2 Å². The summed E-state index contributed by atoms with van der Waals surface area (Å²) in [6, 6.07) is 4.68. The van der Waals surface area contributed by atoms with E-state index in [-0.39, 0.29) is 5.46 Å². The van der Waals surface area contributed by atoms with E-state index in [1.807, 2.05) is 0 Å². The highest BCUT2D eigenvalue weighted by atomic mass is 19.1. The van der Waals surface area contributed by atoms with Crippen molar-refractivity contribution in [3.8, 4) is 0 Å². The number of nitrogens with zero attached hydrogens (tertiary/aromatic N) is 1. The van der Waals surface area contributed by atoms with Crippen molar-refractivity contribution >= 4 is 12.6 Å². The Morgan fingerprint density at radius 2 is 2.16 bits per heavy atom. The van der Waals surface area contributed by atoms with Crippen LogP contribution in [0.3, 0.4) is 0 Å². The lowest BCUT2D eigenvalue weighted by molar-refractivity contribution is 0.139. The zero-order valence-corrected chi connectivity index (χ0v) is 11.1. The number of hydrogen-bond donors (Lipinski definition) is 2. The summed E-state index contributed by atoms with van der Waals surface area (Å²) in [7, 11) is 0.0143. The number of methoxy groups -OCH3 is 1. The molecular formula is C13H19BFNO3. The van der Waals surface area contributed by atoms with Crippen LogP contribution in [0, 0.1) is 5.82 Å². The number of halogens is 1. The molecule has 104 valence electrons. The second kappa shape index (κ2) is 6.48. The van der Waals surface area contributed by atoms with Crippen LogP contribution in [0.2, 0.25) is 0 Å². The van der Waals surface area contributed by atoms with Gasteiger partial charge in [-0.25, -0.2) is 4.39 Å². The summed E-state index contributed by atoms with van der Waals surface area (Å²) in [6.45, 7) is 2.01. The lowest BCUT2D eigenvalue weighted by atomic mass is 9.77. The molecule has 0 amide bonds. The molecule has 2 N–H and O–H groups in total. The van der Waals surface area contributed by atoms with Crippen molar-refractivity contribution in [2.24, 2.45) is 0 Å². The molecule has 2 rings (SSSR count). The first-order valence-electron chi connectivity index (χ1n) is 6.49. The lowest BCUT2D eigenvalue weighted by Gasteiger charge is -2.23. The molecular weight excluding hydrogens is 248 g/mol. The quantitative estimate of drug-likeness (QED) is 0.689. The number of benzene rings is 1. The molecule has 0 saturated heterocycles. The minimum Gasteiger partial charge on any atom is -0.423 e. The van der Waals surface area contributed by atoms with Gasteiger partial charge >= 0.3 is 7.12 Å². The van der Waals surface area contributed by atoms with Crippen molar-refractivity contribution in [1.29, 1.82) is 0 Å². The van der Waals surface area contributed by atoms with E-state index in [9.17, 15) is 14.4 Å². The maximum Gasteiger partial charge on any atom is 0.488 e. The van der Waals surface area contributed by atoms with E-state index < -0.39 is 12.9 Å². The predicted molar refractivity (Wildman–Crippen MR) is 71.5 cm³/mol. The summed E-state index contributed by atoms with van der Waals surface area (Å²) in [4.78, 5) is 2.24. The van der Waals surface area contributed by atoms with Crippen molar-refractivity contribution in [3.63, 3.8) is 0 Å². The largest absolute Gasteiger partial charge is 0.488 e. The van der Waals surface area contributed by atoms with Gasteiger partial charge in [0.05, 0.1) is 6.61 Å². The molecule has 0 heterocycles. The molecule has 4 nitrogen and oxygen atoms in total. The molecule has 0 atom stereocenters. The Morgan fingerprint density at radius 3 is 2.74 bits per heavy atom. The van der Waals surface area contributed by atoms with Crippen LogP contribution in [-0.4, -0.2) is 48.4 Å². The van der Waals surface area contributed by atoms with Gasteiger partial charge in [0, 0.05) is 26.2 Å². The molecule has 0 spiro atoms. The Hall–Kier alpha value is -0.945. The van der Waals surface area contributed by atoms with Crippen molar-refractivity contribution < 1.29 is 19.2 Å². The molecule has 0 radical (unpaired) electrons. The third-order valence-corrected chi connectivity index (χ3v) is 3.41. The number of ether oxygens (including phenoxy) is 1. The van der Waals surface area contributed by atoms with Crippen molar-refractivity contribution in [2.45, 2.75) is 25.4 Å². The maximum absolute atomic E-state index is 13.2. The Morgan fingerprint density at radius 1 is 1.42 bits per heavy atom. The van der Waals surface area contributed by atoms with Gasteiger partial charge < -0.3 is 14.8 Å². The fourth-order valence-corrected chi connectivity index (χ4v) is 2.21. The summed E-state index contributed by atoms with van der Waals surface area (Å²) in [5, 5.41) is 18.6. The minimum atomic E-state index is -1.64. The second-order valence-electron chi connectivity index (χ2n) is 4.91. The van der Waals surface area contributed by atoms with Gasteiger partial charge in [0.1, 0.15) is 5.82 Å². The fourth-order valence-electron chi connectivity index (χ4n) is 2.21. The number of hydrogen-bond acceptors (Lipinski definition) is 4. The Balaban J connectivity index is 2.11. The molecule has 1 aromatic carbocycles. The maximum atomic E-state index is 13.2. The number of rotatable bonds is 7. The highest BCUT2D eigenvalue weighted by Crippen LogP contribution is 2.27. The van der Waals surface area contributed by atoms with E-state index in [4.69, 9.17) is 4.74 Å². The molecule has 1 fully saturated rings. The summed E-state index contributed by atoms with van der Waals surface area (Å²) >= 11 is 0. The highest BCUT2D eigenvalue weighted by molar-refractivity contribution is 6.59. The molecule has 0 aromatic heterocycles. The van der Waals surface area contributed by atoms with Crippen LogP contribution < -0.4 is 5.46 Å². The SMILES string of the molecule is COCCN(Cc1ccc(F)cc1B(O)O)C1CC1. The monoisotopic (exact) mass is 267 g/mol. The molecule has 1 aliphatic carbocycles. The van der Waals surface area contributed by atoms with Gasteiger partial charge in [-0.3, -0.25) is 4.90 Å². The van der Waals surface area contributed by atoms with Gasteiger partial charge in [-0.15, -0.1) is 0 Å². The first-order chi connectivity index (χ1) is 9.11. The van der Waals surface area contributed by atoms with E-state index in [0.29, 0.717) is 19.2 Å². The van der Waals surface area contributed by atoms with E-state index >= 15 is 0 Å². The van der Waals surface area contributed by atoms with Crippen LogP contribution in [0.25, 0.3) is 0 Å². The molecule has 0 bridgehead atoms. The molecule has 1 saturated carbocycles. The lowest BCUT2D eigenvalue weighted by Crippen LogP contribution is -2.37. The first kappa shape index (κ1) is 14.5. The summed E-state index contributed by atoms with van der Waals surface area (Å²) in [5.41, 5.74) is 0.988. The van der Waals surface area contributed by atoms with Crippen LogP contribution in [0.4, 0.5) is 4.39 Å². The topological polar surface area (TPSA) is 52.9 Å². The van der Waals surface area contributed by atoms with Crippen LogP contribution >= 0.6 is 0 Å². The summed E-state index contributed by atoms with van der Waals surface area (Å²) < 4.78 is 18.2. The first-order valence-corrected chi connectivity index (χ1v) is 6.49. The summed E-state index contributed by atoms with van der Waals surface area (Å²) in [5.74, 6) is -0.457. The molecule has 0 unspecified atom stereocenters. The van der Waals surface area contributed by atoms with Crippen LogP contribution in [-0.2, 0) is 11.3 Å². The van der Waals surface area contributed by atoms with Crippen molar-refractivity contribution in [1.82, 2.24) is 4.90 Å². The average molecular weight is 267 g/mol. The second-order valence-corrected chi connectivity index (χ2v) is 4.91. The Kier molecular flexibility index (Phi) is 4.93. The van der Waals surface area contributed by atoms with Gasteiger partial charge in [0.25, 0.3) is 0 Å². The van der Waals surface area contributed by atoms with E-state index in [1.54, 1.807) is 13.2 Å². The predicted octanol–water partition coefficient (Wildman–Crippen LogP) is 0.116. The zero-order valence-electron chi connectivity index (χ0n) is 11.1. The molecule has 0 aliphatic heterocycles. The smallest absolute Gasteiger partial charge is 0.423 e. The van der Waals surface area contributed by atoms with Crippen molar-refractivity contribution in [3.05, 3.63) is 29.6 Å². The fraction of sp³-hybridized carbons (Fsp3) is 0.538. The third kappa shape index (κ3) is 4.01. The Labute approximate surface area is 113 Å². The average Bonchev–Trinajstić information content (AvgIpc) is 3.20. The standard InChI is InChI=1S/C13H19BFNO3/c1-19-7-6-16(12-4-5-12)9-10-2-3-11(15)8-13(10)14(17)18/h2-3,8,12,17-18H,4-7,9H2,1H3. The highest BCUT2D eigenvalue weighted by Gasteiger charge is 2.29. The van der Waals surface area contributed by atoms with Gasteiger partial charge in [-0.05, 0) is 36.0 Å². The summed E-state index contributed by atoms with van der Waals surface area (Å²) in [6.07, 6.45) is 2.31. The molecule has 1 aliphatic rings. The van der Waals surface area contributed by atoms with Crippen LogP contribution in [0.1, 0.15) is 18.4 Å². The molecule has 19 heavy (non-hydrogen) atoms. The van der Waals surface area contributed by atoms with E-state index in [2.05, 4.69) is 4.90 Å². The van der Waals surface area contributed by atoms with Crippen LogP contribution in [0.5, 0.6) is 0 Å². The van der Waals surface area contributed by atoms with Gasteiger partial charge in [0.2, 0.25) is 0 Å².